The first-order chi connectivity index (χ1) is 9.60. The molecule has 0 radical (unpaired) electrons. The van der Waals surface area contributed by atoms with Gasteiger partial charge in [-0.3, -0.25) is 9.59 Å². The van der Waals surface area contributed by atoms with Gasteiger partial charge in [-0.25, -0.2) is 0 Å². The summed E-state index contributed by atoms with van der Waals surface area (Å²) < 4.78 is 10.1. The van der Waals surface area contributed by atoms with E-state index in [9.17, 15) is 9.59 Å². The Hall–Kier alpha value is -1.55. The van der Waals surface area contributed by atoms with Gasteiger partial charge in [0.05, 0.1) is 30.7 Å². The molecule has 0 bridgehead atoms. The number of methoxy groups -OCH3 is 1. The van der Waals surface area contributed by atoms with E-state index in [1.165, 1.54) is 7.11 Å². The number of hydrogen-bond donors (Lipinski definition) is 0. The summed E-state index contributed by atoms with van der Waals surface area (Å²) in [5.41, 5.74) is 0.318. The molecule has 0 aliphatic heterocycles. The fourth-order valence-electron chi connectivity index (χ4n) is 1.69. The molecule has 110 valence electrons. The Bertz CT molecular complexity index is 471. The van der Waals surface area contributed by atoms with E-state index < -0.39 is 0 Å². The predicted octanol–water partition coefficient (Wildman–Crippen LogP) is 3.65. The van der Waals surface area contributed by atoms with Crippen LogP contribution in [0, 0.1) is 0 Å². The number of Topliss-reactive ketones (excluding diaryl/α,β-unsaturated/α-hetero) is 1. The molecule has 0 saturated heterocycles. The SMILES string of the molecule is CCCCOC(=O)CCC(=O)c1c(Cl)cccc1OC. The van der Waals surface area contributed by atoms with Crippen LogP contribution >= 0.6 is 11.6 Å². The van der Waals surface area contributed by atoms with Gasteiger partial charge < -0.3 is 9.47 Å². The van der Waals surface area contributed by atoms with Gasteiger partial charge in [0.25, 0.3) is 0 Å². The van der Waals surface area contributed by atoms with Crippen LogP contribution < -0.4 is 4.74 Å². The molecule has 0 amide bonds. The van der Waals surface area contributed by atoms with E-state index in [1.54, 1.807) is 18.2 Å². The summed E-state index contributed by atoms with van der Waals surface area (Å²) in [6.45, 7) is 2.42. The summed E-state index contributed by atoms with van der Waals surface area (Å²) in [5, 5.41) is 0.328. The van der Waals surface area contributed by atoms with E-state index >= 15 is 0 Å². The number of hydrogen-bond acceptors (Lipinski definition) is 4. The van der Waals surface area contributed by atoms with Crippen LogP contribution in [0.15, 0.2) is 18.2 Å². The van der Waals surface area contributed by atoms with Crippen molar-refractivity contribution in [2.24, 2.45) is 0 Å². The number of unbranched alkanes of at least 4 members (excludes halogenated alkanes) is 1. The number of carbonyl (C=O) groups is 2. The van der Waals surface area contributed by atoms with E-state index in [0.29, 0.717) is 22.9 Å². The first-order valence-corrected chi connectivity index (χ1v) is 6.99. The van der Waals surface area contributed by atoms with E-state index in [4.69, 9.17) is 21.1 Å². The maximum atomic E-state index is 12.1. The molecule has 1 aromatic carbocycles. The summed E-state index contributed by atoms with van der Waals surface area (Å²) in [6, 6.07) is 4.99. The molecule has 20 heavy (non-hydrogen) atoms. The highest BCUT2D eigenvalue weighted by molar-refractivity contribution is 6.34. The highest BCUT2D eigenvalue weighted by atomic mass is 35.5. The van der Waals surface area contributed by atoms with Crippen molar-refractivity contribution in [1.82, 2.24) is 0 Å². The first-order valence-electron chi connectivity index (χ1n) is 6.61. The highest BCUT2D eigenvalue weighted by Crippen LogP contribution is 2.27. The van der Waals surface area contributed by atoms with E-state index in [-0.39, 0.29) is 24.6 Å². The molecule has 0 fully saturated rings. The van der Waals surface area contributed by atoms with Gasteiger partial charge in [-0.1, -0.05) is 31.0 Å². The molecule has 1 rings (SSSR count). The van der Waals surface area contributed by atoms with Crippen LogP contribution in [0.4, 0.5) is 0 Å². The monoisotopic (exact) mass is 298 g/mol. The Balaban J connectivity index is 2.57. The summed E-state index contributed by atoms with van der Waals surface area (Å²) in [4.78, 5) is 23.6. The third-order valence-corrected chi connectivity index (χ3v) is 3.11. The average Bonchev–Trinajstić information content (AvgIpc) is 2.44. The maximum Gasteiger partial charge on any atom is 0.306 e. The lowest BCUT2D eigenvalue weighted by Crippen LogP contribution is -2.10. The van der Waals surface area contributed by atoms with Crippen LogP contribution in [0.3, 0.4) is 0 Å². The van der Waals surface area contributed by atoms with Gasteiger partial charge >= 0.3 is 5.97 Å². The number of ketones is 1. The van der Waals surface area contributed by atoms with Crippen LogP contribution in [0.25, 0.3) is 0 Å². The summed E-state index contributed by atoms with van der Waals surface area (Å²) in [5.74, 6) is -0.167. The van der Waals surface area contributed by atoms with Crippen molar-refractivity contribution < 1.29 is 19.1 Å². The number of ether oxygens (including phenoxy) is 2. The molecule has 0 spiro atoms. The van der Waals surface area contributed by atoms with Crippen molar-refractivity contribution in [2.75, 3.05) is 13.7 Å². The molecule has 0 unspecified atom stereocenters. The van der Waals surface area contributed by atoms with Gasteiger partial charge in [-0.05, 0) is 18.6 Å². The molecule has 0 N–H and O–H groups in total. The number of rotatable bonds is 8. The largest absolute Gasteiger partial charge is 0.496 e. The summed E-state index contributed by atoms with van der Waals surface area (Å²) >= 11 is 6.00. The van der Waals surface area contributed by atoms with Crippen molar-refractivity contribution >= 4 is 23.4 Å². The molecule has 0 atom stereocenters. The first kappa shape index (κ1) is 16.5. The second-order valence-electron chi connectivity index (χ2n) is 4.31. The fraction of sp³-hybridized carbons (Fsp3) is 0.467. The predicted molar refractivity (Wildman–Crippen MR) is 77.4 cm³/mol. The van der Waals surface area contributed by atoms with Crippen LogP contribution in [0.1, 0.15) is 43.0 Å². The zero-order chi connectivity index (χ0) is 15.0. The van der Waals surface area contributed by atoms with Crippen molar-refractivity contribution in [1.29, 1.82) is 0 Å². The van der Waals surface area contributed by atoms with E-state index in [1.807, 2.05) is 6.92 Å². The number of carbonyl (C=O) groups excluding carboxylic acids is 2. The third-order valence-electron chi connectivity index (χ3n) is 2.79. The second-order valence-corrected chi connectivity index (χ2v) is 4.72. The topological polar surface area (TPSA) is 52.6 Å². The average molecular weight is 299 g/mol. The third kappa shape index (κ3) is 4.85. The lowest BCUT2D eigenvalue weighted by atomic mass is 10.1. The second kappa shape index (κ2) is 8.59. The minimum atomic E-state index is -0.363. The Morgan fingerprint density at radius 1 is 1.25 bits per heavy atom. The van der Waals surface area contributed by atoms with Gasteiger partial charge in [0, 0.05) is 6.42 Å². The van der Waals surface area contributed by atoms with Crippen molar-refractivity contribution in [3.8, 4) is 5.75 Å². The molecule has 4 nitrogen and oxygen atoms in total. The van der Waals surface area contributed by atoms with Crippen molar-refractivity contribution in [2.45, 2.75) is 32.6 Å². The van der Waals surface area contributed by atoms with Gasteiger partial charge in [0.15, 0.2) is 5.78 Å². The fourth-order valence-corrected chi connectivity index (χ4v) is 1.96. The lowest BCUT2D eigenvalue weighted by molar-refractivity contribution is -0.143. The zero-order valence-electron chi connectivity index (χ0n) is 11.8. The number of benzene rings is 1. The Labute approximate surface area is 124 Å². The van der Waals surface area contributed by atoms with Gasteiger partial charge in [-0.2, -0.15) is 0 Å². The van der Waals surface area contributed by atoms with Crippen LogP contribution in [0.5, 0.6) is 5.75 Å². The zero-order valence-corrected chi connectivity index (χ0v) is 12.5. The number of esters is 1. The summed E-state index contributed by atoms with van der Waals surface area (Å²) in [6.07, 6.45) is 1.91. The van der Waals surface area contributed by atoms with Gasteiger partial charge in [-0.15, -0.1) is 0 Å². The van der Waals surface area contributed by atoms with Crippen LogP contribution in [-0.2, 0) is 9.53 Å². The Morgan fingerprint density at radius 2 is 2.00 bits per heavy atom. The number of halogens is 1. The maximum absolute atomic E-state index is 12.1. The lowest BCUT2D eigenvalue weighted by Gasteiger charge is -2.09. The Kier molecular flexibility index (Phi) is 7.09. The molecule has 1 aromatic rings. The molecule has 0 saturated carbocycles. The van der Waals surface area contributed by atoms with E-state index in [0.717, 1.165) is 12.8 Å². The van der Waals surface area contributed by atoms with Crippen LogP contribution in [0.2, 0.25) is 5.02 Å². The normalized spacial score (nSPS) is 10.2. The molecule has 0 aliphatic carbocycles. The van der Waals surface area contributed by atoms with E-state index in [2.05, 4.69) is 0 Å². The molecule has 5 heteroatoms. The molecule has 0 heterocycles. The standard InChI is InChI=1S/C15H19ClO4/c1-3-4-10-20-14(18)9-8-12(17)15-11(16)6-5-7-13(15)19-2/h5-7H,3-4,8-10H2,1-2H3. The molecule has 0 aliphatic rings. The molecular formula is C15H19ClO4. The minimum Gasteiger partial charge on any atom is -0.496 e. The van der Waals surface area contributed by atoms with Crippen molar-refractivity contribution in [3.05, 3.63) is 28.8 Å². The van der Waals surface area contributed by atoms with Crippen molar-refractivity contribution in [3.63, 3.8) is 0 Å². The molecule has 0 aromatic heterocycles. The minimum absolute atomic E-state index is 0.0525. The van der Waals surface area contributed by atoms with Gasteiger partial charge in [0.2, 0.25) is 0 Å². The molecular weight excluding hydrogens is 280 g/mol. The Morgan fingerprint density at radius 3 is 2.65 bits per heavy atom. The van der Waals surface area contributed by atoms with Crippen LogP contribution in [-0.4, -0.2) is 25.5 Å². The summed E-state index contributed by atoms with van der Waals surface area (Å²) in [7, 11) is 1.47. The van der Waals surface area contributed by atoms with Gasteiger partial charge in [0.1, 0.15) is 5.75 Å². The smallest absolute Gasteiger partial charge is 0.306 e. The highest BCUT2D eigenvalue weighted by Gasteiger charge is 2.17. The quantitative estimate of drug-likeness (QED) is 0.417.